The number of halogens is 2. The van der Waals surface area contributed by atoms with Crippen LogP contribution in [-0.2, 0) is 4.79 Å². The molecule has 0 spiro atoms. The van der Waals surface area contributed by atoms with Crippen LogP contribution in [0.2, 0.25) is 5.02 Å². The summed E-state index contributed by atoms with van der Waals surface area (Å²) in [5.74, 6) is 0.921. The molecule has 2 unspecified atom stereocenters. The van der Waals surface area contributed by atoms with E-state index in [2.05, 4.69) is 24.1 Å². The molecule has 1 saturated heterocycles. The van der Waals surface area contributed by atoms with Gasteiger partial charge in [-0.2, -0.15) is 0 Å². The monoisotopic (exact) mass is 342 g/mol. The molecule has 122 valence electrons. The van der Waals surface area contributed by atoms with E-state index in [-0.39, 0.29) is 24.4 Å². The van der Waals surface area contributed by atoms with Crippen LogP contribution >= 0.6 is 24.0 Å². The van der Waals surface area contributed by atoms with Crippen molar-refractivity contribution in [2.45, 2.75) is 38.8 Å². The number of carbonyl (C=O) groups excluding carboxylic acids is 1. The molecule has 1 aromatic carbocycles. The van der Waals surface area contributed by atoms with Gasteiger partial charge < -0.3 is 10.2 Å². The van der Waals surface area contributed by atoms with Crippen molar-refractivity contribution < 1.29 is 4.79 Å². The van der Waals surface area contributed by atoms with Crippen molar-refractivity contribution in [2.75, 3.05) is 13.1 Å². The number of rotatable bonds is 5. The normalized spacial score (nSPS) is 20.5. The summed E-state index contributed by atoms with van der Waals surface area (Å²) in [7, 11) is 0. The molecule has 1 heterocycles. The van der Waals surface area contributed by atoms with Gasteiger partial charge in [0.1, 0.15) is 0 Å². The van der Waals surface area contributed by atoms with E-state index in [1.165, 1.54) is 5.56 Å². The Labute approximate surface area is 143 Å². The highest BCUT2D eigenvalue weighted by atomic mass is 35.5. The first kappa shape index (κ1) is 17.6. The Morgan fingerprint density at radius 3 is 2.27 bits per heavy atom. The fourth-order valence-corrected chi connectivity index (χ4v) is 3.17. The van der Waals surface area contributed by atoms with E-state index in [1.807, 2.05) is 24.3 Å². The van der Waals surface area contributed by atoms with Gasteiger partial charge >= 0.3 is 0 Å². The molecule has 1 saturated carbocycles. The predicted octanol–water partition coefficient (Wildman–Crippen LogP) is 3.67. The summed E-state index contributed by atoms with van der Waals surface area (Å²) in [5, 5.41) is 4.00. The molecule has 0 aromatic heterocycles. The molecule has 1 aliphatic carbocycles. The highest BCUT2D eigenvalue weighted by Gasteiger charge is 2.40. The summed E-state index contributed by atoms with van der Waals surface area (Å²) in [4.78, 5) is 15.0. The first-order valence-corrected chi connectivity index (χ1v) is 8.24. The summed E-state index contributed by atoms with van der Waals surface area (Å²) in [5.41, 5.74) is 1.17. The minimum absolute atomic E-state index is 0. The number of nitrogens with one attached hydrogen (secondary N) is 1. The summed E-state index contributed by atoms with van der Waals surface area (Å²) >= 11 is 5.96. The van der Waals surface area contributed by atoms with Crippen LogP contribution in [0.4, 0.5) is 0 Å². The lowest BCUT2D eigenvalue weighted by Gasteiger charge is -2.37. The second-order valence-electron chi connectivity index (χ2n) is 6.41. The van der Waals surface area contributed by atoms with Gasteiger partial charge in [0.25, 0.3) is 0 Å². The first-order valence-electron chi connectivity index (χ1n) is 7.86. The van der Waals surface area contributed by atoms with E-state index in [1.54, 1.807) is 0 Å². The van der Waals surface area contributed by atoms with Gasteiger partial charge in [-0.25, -0.2) is 0 Å². The molecule has 1 aliphatic heterocycles. The largest absolute Gasteiger partial charge is 0.333 e. The van der Waals surface area contributed by atoms with Crippen molar-refractivity contribution in [3.63, 3.8) is 0 Å². The zero-order chi connectivity index (χ0) is 15.0. The molecule has 0 radical (unpaired) electrons. The number of benzene rings is 1. The minimum atomic E-state index is 0. The molecule has 3 nitrogen and oxygen atoms in total. The maximum absolute atomic E-state index is 12.9. The third-order valence-electron chi connectivity index (χ3n) is 4.87. The predicted molar refractivity (Wildman–Crippen MR) is 92.5 cm³/mol. The maximum Gasteiger partial charge on any atom is 0.226 e. The highest BCUT2D eigenvalue weighted by Crippen LogP contribution is 2.37. The fourth-order valence-electron chi connectivity index (χ4n) is 3.04. The van der Waals surface area contributed by atoms with E-state index in [4.69, 9.17) is 11.6 Å². The standard InChI is InChI=1S/C17H23ClN2O.ClH/c1-11(14-9-19-10-14)17(21)20(16-7-8-16)12(2)13-3-5-15(18)6-4-13;/h3-6,11-12,14,16,19H,7-10H2,1-2H3;1H. The van der Waals surface area contributed by atoms with Crippen molar-refractivity contribution in [1.82, 2.24) is 10.2 Å². The third kappa shape index (κ3) is 3.58. The molecule has 1 amide bonds. The zero-order valence-corrected chi connectivity index (χ0v) is 14.7. The number of carbonyl (C=O) groups is 1. The molecular weight excluding hydrogens is 319 g/mol. The molecule has 1 N–H and O–H groups in total. The molecule has 5 heteroatoms. The van der Waals surface area contributed by atoms with Crippen molar-refractivity contribution in [2.24, 2.45) is 11.8 Å². The summed E-state index contributed by atoms with van der Waals surface area (Å²) in [6.07, 6.45) is 2.28. The van der Waals surface area contributed by atoms with E-state index in [0.717, 1.165) is 31.0 Å². The van der Waals surface area contributed by atoms with Gasteiger partial charge in [0.05, 0.1) is 6.04 Å². The van der Waals surface area contributed by atoms with Gasteiger partial charge in [-0.1, -0.05) is 30.7 Å². The quantitative estimate of drug-likeness (QED) is 0.885. The molecule has 1 aromatic rings. The van der Waals surface area contributed by atoms with Crippen LogP contribution in [-0.4, -0.2) is 29.9 Å². The van der Waals surface area contributed by atoms with Crippen LogP contribution in [0.1, 0.15) is 38.3 Å². The smallest absolute Gasteiger partial charge is 0.226 e. The number of hydrogen-bond acceptors (Lipinski definition) is 2. The molecule has 2 fully saturated rings. The number of nitrogens with zero attached hydrogens (tertiary/aromatic N) is 1. The Bertz CT molecular complexity index is 512. The molecule has 0 bridgehead atoms. The SMILES string of the molecule is CC(C(=O)N(C1CC1)C(C)c1ccc(Cl)cc1)C1CNC1.Cl. The molecular formula is C17H24Cl2N2O. The van der Waals surface area contributed by atoms with E-state index >= 15 is 0 Å². The van der Waals surface area contributed by atoms with Crippen molar-refractivity contribution in [3.05, 3.63) is 34.9 Å². The minimum Gasteiger partial charge on any atom is -0.333 e. The van der Waals surface area contributed by atoms with Crippen LogP contribution in [0.15, 0.2) is 24.3 Å². The van der Waals surface area contributed by atoms with Crippen LogP contribution in [0, 0.1) is 11.8 Å². The van der Waals surface area contributed by atoms with Crippen LogP contribution in [0.25, 0.3) is 0 Å². The van der Waals surface area contributed by atoms with Gasteiger partial charge in [-0.05, 0) is 56.5 Å². The molecule has 2 atom stereocenters. The zero-order valence-electron chi connectivity index (χ0n) is 13.1. The lowest BCUT2D eigenvalue weighted by atomic mass is 9.87. The summed E-state index contributed by atoms with van der Waals surface area (Å²) < 4.78 is 0. The van der Waals surface area contributed by atoms with Crippen molar-refractivity contribution >= 4 is 29.9 Å². The Kier molecular flexibility index (Phi) is 5.76. The highest BCUT2D eigenvalue weighted by molar-refractivity contribution is 6.30. The van der Waals surface area contributed by atoms with Crippen molar-refractivity contribution in [1.29, 1.82) is 0 Å². The Morgan fingerprint density at radius 2 is 1.82 bits per heavy atom. The fraction of sp³-hybridized carbons (Fsp3) is 0.588. The van der Waals surface area contributed by atoms with E-state index in [0.29, 0.717) is 17.9 Å². The van der Waals surface area contributed by atoms with Crippen LogP contribution < -0.4 is 5.32 Å². The van der Waals surface area contributed by atoms with Gasteiger partial charge in [-0.15, -0.1) is 12.4 Å². The average molecular weight is 343 g/mol. The Hall–Kier alpha value is -0.770. The van der Waals surface area contributed by atoms with Crippen LogP contribution in [0.3, 0.4) is 0 Å². The number of hydrogen-bond donors (Lipinski definition) is 1. The average Bonchev–Trinajstić information content (AvgIpc) is 3.22. The van der Waals surface area contributed by atoms with Crippen LogP contribution in [0.5, 0.6) is 0 Å². The molecule has 2 aliphatic rings. The third-order valence-corrected chi connectivity index (χ3v) is 5.13. The lowest BCUT2D eigenvalue weighted by molar-refractivity contribution is -0.140. The van der Waals surface area contributed by atoms with E-state index < -0.39 is 0 Å². The van der Waals surface area contributed by atoms with Gasteiger partial charge in [0.15, 0.2) is 0 Å². The topological polar surface area (TPSA) is 32.3 Å². The van der Waals surface area contributed by atoms with Gasteiger partial charge in [0.2, 0.25) is 5.91 Å². The summed E-state index contributed by atoms with van der Waals surface area (Å²) in [6.45, 7) is 6.16. The lowest BCUT2D eigenvalue weighted by Crippen LogP contribution is -2.51. The van der Waals surface area contributed by atoms with Crippen molar-refractivity contribution in [3.8, 4) is 0 Å². The maximum atomic E-state index is 12.9. The Balaban J connectivity index is 0.00000176. The number of amides is 1. The van der Waals surface area contributed by atoms with Gasteiger partial charge in [0, 0.05) is 17.0 Å². The molecule has 22 heavy (non-hydrogen) atoms. The van der Waals surface area contributed by atoms with Gasteiger partial charge in [-0.3, -0.25) is 4.79 Å². The van der Waals surface area contributed by atoms with E-state index in [9.17, 15) is 4.79 Å². The molecule has 3 rings (SSSR count). The Morgan fingerprint density at radius 1 is 1.23 bits per heavy atom. The second kappa shape index (κ2) is 7.20. The second-order valence-corrected chi connectivity index (χ2v) is 6.85. The first-order chi connectivity index (χ1) is 10.1. The summed E-state index contributed by atoms with van der Waals surface area (Å²) in [6, 6.07) is 8.43.